The Labute approximate surface area is 112 Å². The summed E-state index contributed by atoms with van der Waals surface area (Å²) < 4.78 is 17.3. The van der Waals surface area contributed by atoms with Crippen LogP contribution in [0.5, 0.6) is 0 Å². The van der Waals surface area contributed by atoms with Crippen LogP contribution in [0.25, 0.3) is 0 Å². The van der Waals surface area contributed by atoms with E-state index in [-0.39, 0.29) is 16.6 Å². The van der Waals surface area contributed by atoms with E-state index in [2.05, 4.69) is 9.34 Å². The first-order valence-corrected chi connectivity index (χ1v) is 10.1. The molecule has 0 amide bonds. The van der Waals surface area contributed by atoms with E-state index in [9.17, 15) is 0 Å². The quantitative estimate of drug-likeness (QED) is 0.745. The molecule has 0 spiro atoms. The molecule has 0 radical (unpaired) electrons. The number of rotatable bonds is 3. The number of fused-ring (bicyclic) bond motifs is 2. The molecule has 4 unspecified atom stereocenters. The van der Waals surface area contributed by atoms with E-state index in [0.717, 1.165) is 25.3 Å². The predicted octanol–water partition coefficient (Wildman–Crippen LogP) is 2.60. The number of hydrogen-bond acceptors (Lipinski definition) is 4. The van der Waals surface area contributed by atoms with Gasteiger partial charge in [-0.15, -0.1) is 0 Å². The maximum absolute atomic E-state index is 6.02. The summed E-state index contributed by atoms with van der Waals surface area (Å²) in [5, 5.41) is 0. The normalized spacial score (nSPS) is 44.7. The first-order valence-electron chi connectivity index (χ1n) is 7.26. The van der Waals surface area contributed by atoms with Crippen LogP contribution in [0.1, 0.15) is 25.7 Å². The molecule has 4 saturated heterocycles. The fourth-order valence-electron chi connectivity index (χ4n) is 3.62. The average molecular weight is 288 g/mol. The highest BCUT2D eigenvalue weighted by atomic mass is 31.2. The largest absolute Gasteiger partial charge is 0.342 e. The Morgan fingerprint density at radius 3 is 1.83 bits per heavy atom. The predicted molar refractivity (Wildman–Crippen MR) is 74.9 cm³/mol. The summed E-state index contributed by atoms with van der Waals surface area (Å²) in [7, 11) is -0.553. The minimum atomic E-state index is -0.277. The minimum absolute atomic E-state index is 0.277. The van der Waals surface area contributed by atoms with Gasteiger partial charge in [-0.1, -0.05) is 0 Å². The van der Waals surface area contributed by atoms with Gasteiger partial charge in [0.2, 0.25) is 0 Å². The highest BCUT2D eigenvalue weighted by Gasteiger charge is 2.41. The Hall–Kier alpha value is 0.700. The maximum atomic E-state index is 6.02. The summed E-state index contributed by atoms with van der Waals surface area (Å²) in [4.78, 5) is 0. The molecule has 4 aliphatic heterocycles. The zero-order valence-electron chi connectivity index (χ0n) is 10.8. The second-order valence-electron chi connectivity index (χ2n) is 5.66. The third-order valence-electron chi connectivity index (χ3n) is 4.58. The van der Waals surface area contributed by atoms with E-state index < -0.39 is 0 Å². The zero-order chi connectivity index (χ0) is 11.9. The lowest BCUT2D eigenvalue weighted by atomic mass is 10.2. The molecule has 4 aliphatic rings. The summed E-state index contributed by atoms with van der Waals surface area (Å²) >= 11 is 0. The van der Waals surface area contributed by atoms with Crippen LogP contribution >= 0.6 is 16.6 Å². The Kier molecular flexibility index (Phi) is 3.62. The molecule has 4 fully saturated rings. The van der Waals surface area contributed by atoms with Crippen LogP contribution in [-0.2, 0) is 9.05 Å². The molecule has 0 aromatic heterocycles. The summed E-state index contributed by atoms with van der Waals surface area (Å²) in [5.41, 5.74) is 0. The van der Waals surface area contributed by atoms with Crippen LogP contribution in [0.4, 0.5) is 0 Å². The fourth-order valence-corrected chi connectivity index (χ4v) is 8.56. The van der Waals surface area contributed by atoms with Crippen molar-refractivity contribution in [2.24, 2.45) is 0 Å². The Balaban J connectivity index is 1.31. The van der Waals surface area contributed by atoms with E-state index in [1.54, 1.807) is 0 Å². The molecule has 0 N–H and O–H groups in total. The molecule has 102 valence electrons. The topological polar surface area (TPSA) is 24.9 Å². The van der Waals surface area contributed by atoms with Gasteiger partial charge >= 0.3 is 0 Å². The van der Waals surface area contributed by atoms with Gasteiger partial charge in [-0.05, 0) is 25.7 Å². The van der Waals surface area contributed by atoms with Gasteiger partial charge in [0.25, 0.3) is 0 Å². The summed E-state index contributed by atoms with van der Waals surface area (Å²) in [6.45, 7) is 4.55. The Bertz CT molecular complexity index is 290. The van der Waals surface area contributed by atoms with E-state index >= 15 is 0 Å². The molecule has 4 heterocycles. The summed E-state index contributed by atoms with van der Waals surface area (Å²) in [5.74, 6) is 0. The van der Waals surface area contributed by atoms with Gasteiger partial charge in [0, 0.05) is 37.5 Å². The molecule has 4 rings (SSSR count). The fraction of sp³-hybridized carbons (Fsp3) is 1.00. The van der Waals surface area contributed by atoms with Gasteiger partial charge in [-0.2, -0.15) is 0 Å². The van der Waals surface area contributed by atoms with Crippen molar-refractivity contribution >= 4 is 16.6 Å². The second kappa shape index (κ2) is 5.24. The SMILES string of the molecule is C1CC2COP(CCP3OCC4CCCN43)N2C1. The average Bonchev–Trinajstić information content (AvgIpc) is 3.09. The van der Waals surface area contributed by atoms with Crippen molar-refractivity contribution in [1.29, 1.82) is 0 Å². The molecule has 6 heteroatoms. The van der Waals surface area contributed by atoms with Crippen LogP contribution in [0.2, 0.25) is 0 Å². The van der Waals surface area contributed by atoms with Gasteiger partial charge in [0.15, 0.2) is 0 Å². The lowest BCUT2D eigenvalue weighted by Crippen LogP contribution is -2.22. The summed E-state index contributed by atoms with van der Waals surface area (Å²) in [6.07, 6.45) is 7.96. The number of hydrogen-bond donors (Lipinski definition) is 0. The van der Waals surface area contributed by atoms with Crippen LogP contribution in [-0.4, -0.2) is 60.1 Å². The standard InChI is InChI=1S/C12H22N2O2P2/c1-3-11-9-15-17(13(11)5-1)7-8-18-14-6-2-4-12(14)10-16-18/h11-12H,1-10H2. The Morgan fingerprint density at radius 1 is 0.833 bits per heavy atom. The van der Waals surface area contributed by atoms with Gasteiger partial charge in [-0.25, -0.2) is 0 Å². The molecule has 0 aromatic rings. The lowest BCUT2D eigenvalue weighted by molar-refractivity contribution is 0.340. The van der Waals surface area contributed by atoms with Crippen LogP contribution in [0, 0.1) is 0 Å². The van der Waals surface area contributed by atoms with Gasteiger partial charge in [0.1, 0.15) is 16.6 Å². The van der Waals surface area contributed by atoms with Crippen molar-refractivity contribution in [3.05, 3.63) is 0 Å². The van der Waals surface area contributed by atoms with E-state index in [0.29, 0.717) is 0 Å². The maximum Gasteiger partial charge on any atom is 0.105 e. The molecule has 0 saturated carbocycles. The third kappa shape index (κ3) is 2.16. The van der Waals surface area contributed by atoms with Gasteiger partial charge < -0.3 is 9.05 Å². The Morgan fingerprint density at radius 2 is 1.33 bits per heavy atom. The van der Waals surface area contributed by atoms with Crippen LogP contribution in [0.3, 0.4) is 0 Å². The molecule has 4 atom stereocenters. The van der Waals surface area contributed by atoms with E-state index in [4.69, 9.17) is 9.05 Å². The van der Waals surface area contributed by atoms with E-state index in [1.807, 2.05) is 0 Å². The molecule has 18 heavy (non-hydrogen) atoms. The van der Waals surface area contributed by atoms with Crippen molar-refractivity contribution in [1.82, 2.24) is 9.34 Å². The molecule has 4 nitrogen and oxygen atoms in total. The van der Waals surface area contributed by atoms with Crippen LogP contribution < -0.4 is 0 Å². The van der Waals surface area contributed by atoms with Crippen molar-refractivity contribution in [2.45, 2.75) is 37.8 Å². The molecule has 0 bridgehead atoms. The molecule has 0 aromatic carbocycles. The van der Waals surface area contributed by atoms with Crippen molar-refractivity contribution in [3.63, 3.8) is 0 Å². The van der Waals surface area contributed by atoms with Crippen molar-refractivity contribution in [3.8, 4) is 0 Å². The highest BCUT2D eigenvalue weighted by molar-refractivity contribution is 7.54. The van der Waals surface area contributed by atoms with Gasteiger partial charge in [0.05, 0.1) is 13.2 Å². The molecule has 0 aliphatic carbocycles. The molecular formula is C12H22N2O2P2. The first-order chi connectivity index (χ1) is 8.92. The minimum Gasteiger partial charge on any atom is -0.342 e. The number of nitrogens with zero attached hydrogens (tertiary/aromatic N) is 2. The second-order valence-corrected chi connectivity index (χ2v) is 9.51. The van der Waals surface area contributed by atoms with Crippen molar-refractivity contribution < 1.29 is 9.05 Å². The van der Waals surface area contributed by atoms with Crippen molar-refractivity contribution in [2.75, 3.05) is 38.6 Å². The lowest BCUT2D eigenvalue weighted by Gasteiger charge is -2.25. The smallest absolute Gasteiger partial charge is 0.105 e. The van der Waals surface area contributed by atoms with Gasteiger partial charge in [-0.3, -0.25) is 9.34 Å². The highest BCUT2D eigenvalue weighted by Crippen LogP contribution is 2.57. The molecular weight excluding hydrogens is 266 g/mol. The third-order valence-corrected chi connectivity index (χ3v) is 9.24. The van der Waals surface area contributed by atoms with Crippen LogP contribution in [0.15, 0.2) is 0 Å². The summed E-state index contributed by atoms with van der Waals surface area (Å²) in [6, 6.07) is 1.51. The van der Waals surface area contributed by atoms with E-state index in [1.165, 1.54) is 51.1 Å². The first kappa shape index (κ1) is 12.4. The monoisotopic (exact) mass is 288 g/mol. The zero-order valence-corrected chi connectivity index (χ0v) is 12.6.